The summed E-state index contributed by atoms with van der Waals surface area (Å²) in [6.45, 7) is 1.80. The fourth-order valence-corrected chi connectivity index (χ4v) is 3.03. The Balaban J connectivity index is 2.66. The van der Waals surface area contributed by atoms with Gasteiger partial charge in [0.05, 0.1) is 16.7 Å². The minimum absolute atomic E-state index is 0.0962. The topological polar surface area (TPSA) is 69.0 Å². The molecule has 0 aliphatic rings. The van der Waals surface area contributed by atoms with Gasteiger partial charge in [-0.1, -0.05) is 18.2 Å². The average Bonchev–Trinajstić information content (AvgIpc) is 2.54. The Hall–Kier alpha value is -2.42. The summed E-state index contributed by atoms with van der Waals surface area (Å²) in [7, 11) is -3.39. The van der Waals surface area contributed by atoms with Gasteiger partial charge in [0.2, 0.25) is 0 Å². The van der Waals surface area contributed by atoms with Crippen LogP contribution in [0.1, 0.15) is 19.4 Å². The molecule has 1 aromatic carbocycles. The van der Waals surface area contributed by atoms with Crippen molar-refractivity contribution in [3.8, 4) is 11.1 Å². The van der Waals surface area contributed by atoms with Gasteiger partial charge in [-0.15, -0.1) is 0 Å². The first-order chi connectivity index (χ1) is 11.9. The van der Waals surface area contributed by atoms with E-state index in [1.807, 2.05) is 0 Å². The lowest BCUT2D eigenvalue weighted by atomic mass is 9.98. The Kier molecular flexibility index (Phi) is 5.41. The van der Waals surface area contributed by atoms with E-state index in [-0.39, 0.29) is 10.5 Å². The van der Waals surface area contributed by atoms with Gasteiger partial charge in [-0.2, -0.15) is 18.3 Å². The van der Waals surface area contributed by atoms with Crippen LogP contribution in [0.4, 0.5) is 13.2 Å². The Labute approximate surface area is 148 Å². The van der Waals surface area contributed by atoms with E-state index in [1.165, 1.54) is 30.5 Å². The summed E-state index contributed by atoms with van der Waals surface area (Å²) in [5.74, 6) is 0. The van der Waals surface area contributed by atoms with Crippen LogP contribution in [0.25, 0.3) is 16.7 Å². The second-order valence-corrected chi connectivity index (χ2v) is 7.80. The molecule has 26 heavy (non-hydrogen) atoms. The van der Waals surface area contributed by atoms with Crippen molar-refractivity contribution in [3.63, 3.8) is 0 Å². The highest BCUT2D eigenvalue weighted by atomic mass is 32.2. The molecule has 0 fully saturated rings. The monoisotopic (exact) mass is 386 g/mol. The Bertz CT molecular complexity index is 1010. The minimum Gasteiger partial charge on any atom is -0.267 e. The van der Waals surface area contributed by atoms with E-state index in [1.54, 1.807) is 19.9 Å². The third-order valence-electron chi connectivity index (χ3n) is 3.79. The van der Waals surface area contributed by atoms with E-state index in [0.29, 0.717) is 21.4 Å². The van der Waals surface area contributed by atoms with Crippen LogP contribution in [-0.4, -0.2) is 30.6 Å². The summed E-state index contributed by atoms with van der Waals surface area (Å²) in [4.78, 5) is 12.6. The first-order valence-electron chi connectivity index (χ1n) is 7.54. The van der Waals surface area contributed by atoms with Crippen molar-refractivity contribution in [1.82, 2.24) is 9.78 Å². The molecule has 0 radical (unpaired) electrons. The van der Waals surface area contributed by atoms with E-state index in [4.69, 9.17) is 0 Å². The summed E-state index contributed by atoms with van der Waals surface area (Å²) in [6, 6.07) is 5.74. The number of sulfone groups is 1. The van der Waals surface area contributed by atoms with Crippen molar-refractivity contribution in [1.29, 1.82) is 0 Å². The van der Waals surface area contributed by atoms with Gasteiger partial charge in [-0.05, 0) is 37.1 Å². The van der Waals surface area contributed by atoms with Crippen molar-refractivity contribution >= 4 is 15.4 Å². The largest absolute Gasteiger partial charge is 0.408 e. The second kappa shape index (κ2) is 7.06. The summed E-state index contributed by atoms with van der Waals surface area (Å²) in [6.07, 6.45) is -0.707. The summed E-state index contributed by atoms with van der Waals surface area (Å²) < 4.78 is 61.4. The molecule has 1 heterocycles. The summed E-state index contributed by atoms with van der Waals surface area (Å²) in [5, 5.41) is 3.63. The third-order valence-corrected chi connectivity index (χ3v) is 4.92. The highest BCUT2D eigenvalue weighted by molar-refractivity contribution is 7.90. The van der Waals surface area contributed by atoms with Crippen LogP contribution >= 0.6 is 0 Å². The summed E-state index contributed by atoms with van der Waals surface area (Å²) in [5.41, 5.74) is 0.554. The van der Waals surface area contributed by atoms with E-state index in [2.05, 4.69) is 5.10 Å². The van der Waals surface area contributed by atoms with Gasteiger partial charge in [0, 0.05) is 11.8 Å². The van der Waals surface area contributed by atoms with Gasteiger partial charge in [0.1, 0.15) is 6.54 Å². The normalized spacial score (nSPS) is 13.1. The van der Waals surface area contributed by atoms with Crippen LogP contribution in [0.15, 0.2) is 46.2 Å². The average molecular weight is 386 g/mol. The number of halogens is 3. The molecular weight excluding hydrogens is 369 g/mol. The molecule has 2 rings (SSSR count). The van der Waals surface area contributed by atoms with Crippen molar-refractivity contribution in [2.45, 2.75) is 31.5 Å². The minimum atomic E-state index is -4.57. The zero-order valence-corrected chi connectivity index (χ0v) is 15.1. The van der Waals surface area contributed by atoms with Crippen LogP contribution in [0.3, 0.4) is 0 Å². The Morgan fingerprint density at radius 1 is 1.23 bits per heavy atom. The second-order valence-electron chi connectivity index (χ2n) is 5.78. The molecular formula is C17H17F3N2O3S. The molecule has 0 spiro atoms. The smallest absolute Gasteiger partial charge is 0.267 e. The molecule has 0 saturated carbocycles. The molecule has 0 atom stereocenters. The van der Waals surface area contributed by atoms with Crippen LogP contribution in [0, 0.1) is 0 Å². The lowest BCUT2D eigenvalue weighted by molar-refractivity contribution is -0.143. The van der Waals surface area contributed by atoms with E-state index < -0.39 is 28.1 Å². The maximum Gasteiger partial charge on any atom is 0.408 e. The fourth-order valence-electron chi connectivity index (χ4n) is 2.40. The van der Waals surface area contributed by atoms with Crippen molar-refractivity contribution in [3.05, 3.63) is 52.5 Å². The number of hydrogen-bond acceptors (Lipinski definition) is 4. The highest BCUT2D eigenvalue weighted by Crippen LogP contribution is 2.27. The van der Waals surface area contributed by atoms with Gasteiger partial charge in [0.15, 0.2) is 9.84 Å². The quantitative estimate of drug-likeness (QED) is 0.809. The molecule has 9 heteroatoms. The molecule has 0 saturated heterocycles. The summed E-state index contributed by atoms with van der Waals surface area (Å²) >= 11 is 0. The molecule has 0 bridgehead atoms. The lowest BCUT2D eigenvalue weighted by Gasteiger charge is -2.14. The number of nitrogens with zero attached hydrogens (tertiary/aromatic N) is 2. The number of allylic oxidation sites excluding steroid dienone is 2. The number of alkyl halides is 3. The van der Waals surface area contributed by atoms with E-state index >= 15 is 0 Å². The standard InChI is InChI=1S/C17H17F3N2O3S/c1-4-11(2)15-14(9-21-22(16(15)23)10-17(18,19)20)12-5-7-13(8-6-12)26(3,24)25/h4-9H,10H2,1-3H3. The van der Waals surface area contributed by atoms with E-state index in [9.17, 15) is 26.4 Å². The highest BCUT2D eigenvalue weighted by Gasteiger charge is 2.30. The molecule has 0 N–H and O–H groups in total. The number of benzene rings is 1. The SMILES string of the molecule is CC=C(C)c1c(-c2ccc(S(C)(=O)=O)cc2)cnn(CC(F)(F)F)c1=O. The molecule has 140 valence electrons. The molecule has 0 aliphatic carbocycles. The maximum absolute atomic E-state index is 12.6. The molecule has 1 aromatic heterocycles. The van der Waals surface area contributed by atoms with Crippen LogP contribution < -0.4 is 5.56 Å². The molecule has 2 aromatic rings. The molecule has 5 nitrogen and oxygen atoms in total. The van der Waals surface area contributed by atoms with Crippen LogP contribution in [-0.2, 0) is 16.4 Å². The van der Waals surface area contributed by atoms with Gasteiger partial charge < -0.3 is 0 Å². The van der Waals surface area contributed by atoms with Crippen molar-refractivity contribution in [2.24, 2.45) is 0 Å². The lowest BCUT2D eigenvalue weighted by Crippen LogP contribution is -2.32. The zero-order valence-electron chi connectivity index (χ0n) is 14.3. The molecule has 0 unspecified atom stereocenters. The van der Waals surface area contributed by atoms with Crippen LogP contribution in [0.2, 0.25) is 0 Å². The van der Waals surface area contributed by atoms with Gasteiger partial charge in [0.25, 0.3) is 5.56 Å². The predicted octanol–water partition coefficient (Wildman–Crippen LogP) is 3.30. The number of rotatable bonds is 4. The Morgan fingerprint density at radius 2 is 1.81 bits per heavy atom. The number of hydrogen-bond donors (Lipinski definition) is 0. The Morgan fingerprint density at radius 3 is 2.27 bits per heavy atom. The fraction of sp³-hybridized carbons (Fsp3) is 0.294. The maximum atomic E-state index is 12.6. The number of aromatic nitrogens is 2. The zero-order chi connectivity index (χ0) is 19.7. The first-order valence-corrected chi connectivity index (χ1v) is 9.44. The van der Waals surface area contributed by atoms with Gasteiger partial charge in [-0.25, -0.2) is 13.1 Å². The van der Waals surface area contributed by atoms with E-state index in [0.717, 1.165) is 6.26 Å². The first kappa shape index (κ1) is 19.9. The van der Waals surface area contributed by atoms with Crippen molar-refractivity contribution in [2.75, 3.05) is 6.26 Å². The molecule has 0 amide bonds. The van der Waals surface area contributed by atoms with Gasteiger partial charge in [-0.3, -0.25) is 4.79 Å². The third kappa shape index (κ3) is 4.40. The molecule has 0 aliphatic heterocycles. The van der Waals surface area contributed by atoms with Crippen LogP contribution in [0.5, 0.6) is 0 Å². The van der Waals surface area contributed by atoms with Crippen molar-refractivity contribution < 1.29 is 21.6 Å². The predicted molar refractivity (Wildman–Crippen MR) is 92.4 cm³/mol. The van der Waals surface area contributed by atoms with Gasteiger partial charge >= 0.3 is 6.18 Å².